The van der Waals surface area contributed by atoms with Crippen LogP contribution in [-0.4, -0.2) is 36.5 Å². The van der Waals surface area contributed by atoms with Crippen molar-refractivity contribution in [3.8, 4) is 0 Å². The number of benzene rings is 1. The number of thiazole rings is 1. The Labute approximate surface area is 148 Å². The fourth-order valence-corrected chi connectivity index (χ4v) is 3.04. The van der Waals surface area contributed by atoms with Gasteiger partial charge in [-0.05, 0) is 25.0 Å². The van der Waals surface area contributed by atoms with Crippen molar-refractivity contribution in [2.75, 3.05) is 20.7 Å². The number of aromatic nitrogens is 1. The third kappa shape index (κ3) is 5.32. The number of aryl methyl sites for hydroxylation is 1. The number of nitrogens with one attached hydrogen (secondary N) is 1. The largest absolute Gasteiger partial charge is 0.380 e. The van der Waals surface area contributed by atoms with Crippen LogP contribution in [0.5, 0.6) is 0 Å². The van der Waals surface area contributed by atoms with Crippen LogP contribution in [0.4, 0.5) is 0 Å². The highest BCUT2D eigenvalue weighted by Gasteiger charge is 2.09. The van der Waals surface area contributed by atoms with E-state index in [1.807, 2.05) is 26.1 Å². The molecule has 130 valence electrons. The Balaban J connectivity index is 2.10. The monoisotopic (exact) mass is 346 g/mol. The number of ether oxygens (including phenoxy) is 1. The zero-order valence-electron chi connectivity index (χ0n) is 14.9. The summed E-state index contributed by atoms with van der Waals surface area (Å²) in [6.07, 6.45) is 0. The lowest BCUT2D eigenvalue weighted by molar-refractivity contribution is 0.184. The van der Waals surface area contributed by atoms with Crippen LogP contribution in [-0.2, 0) is 24.4 Å². The standard InChI is InChI=1S/C18H26N4OS/c1-5-19-18(22(3)11-17-13-24-14(2)21-17)20-10-15-8-6-7-9-16(15)12-23-4/h6-9,13H,5,10-12H2,1-4H3,(H,19,20). The summed E-state index contributed by atoms with van der Waals surface area (Å²) in [5, 5.41) is 6.54. The lowest BCUT2D eigenvalue weighted by Gasteiger charge is -2.21. The Morgan fingerprint density at radius 3 is 2.71 bits per heavy atom. The molecule has 1 aromatic carbocycles. The number of guanidine groups is 1. The first kappa shape index (κ1) is 18.4. The normalized spacial score (nSPS) is 11.6. The van der Waals surface area contributed by atoms with Gasteiger partial charge in [0.2, 0.25) is 0 Å². The molecule has 5 nitrogen and oxygen atoms in total. The average molecular weight is 347 g/mol. The van der Waals surface area contributed by atoms with Crippen molar-refractivity contribution in [3.63, 3.8) is 0 Å². The molecule has 0 saturated heterocycles. The van der Waals surface area contributed by atoms with Crippen molar-refractivity contribution >= 4 is 17.3 Å². The highest BCUT2D eigenvalue weighted by atomic mass is 32.1. The Morgan fingerprint density at radius 2 is 2.08 bits per heavy atom. The highest BCUT2D eigenvalue weighted by molar-refractivity contribution is 7.09. The van der Waals surface area contributed by atoms with Crippen molar-refractivity contribution < 1.29 is 4.74 Å². The molecular formula is C18H26N4OS. The van der Waals surface area contributed by atoms with Gasteiger partial charge in [-0.25, -0.2) is 9.98 Å². The maximum atomic E-state index is 5.27. The second-order valence-electron chi connectivity index (χ2n) is 5.59. The van der Waals surface area contributed by atoms with E-state index in [-0.39, 0.29) is 0 Å². The molecule has 0 aliphatic carbocycles. The molecule has 0 fully saturated rings. The van der Waals surface area contributed by atoms with Crippen LogP contribution >= 0.6 is 11.3 Å². The highest BCUT2D eigenvalue weighted by Crippen LogP contribution is 2.12. The smallest absolute Gasteiger partial charge is 0.194 e. The maximum absolute atomic E-state index is 5.27. The summed E-state index contributed by atoms with van der Waals surface area (Å²) in [4.78, 5) is 11.4. The van der Waals surface area contributed by atoms with Gasteiger partial charge in [-0.2, -0.15) is 0 Å². The van der Waals surface area contributed by atoms with Gasteiger partial charge in [-0.1, -0.05) is 24.3 Å². The fourth-order valence-electron chi connectivity index (χ4n) is 2.44. The van der Waals surface area contributed by atoms with Crippen molar-refractivity contribution in [1.29, 1.82) is 0 Å². The Hall–Kier alpha value is -1.92. The van der Waals surface area contributed by atoms with Gasteiger partial charge in [0.25, 0.3) is 0 Å². The van der Waals surface area contributed by atoms with Gasteiger partial charge < -0.3 is 15.0 Å². The summed E-state index contributed by atoms with van der Waals surface area (Å²) in [7, 11) is 3.75. The summed E-state index contributed by atoms with van der Waals surface area (Å²) in [6.45, 7) is 6.92. The van der Waals surface area contributed by atoms with Crippen LogP contribution in [0.3, 0.4) is 0 Å². The molecule has 0 saturated carbocycles. The molecule has 0 amide bonds. The minimum atomic E-state index is 0.607. The quantitative estimate of drug-likeness (QED) is 0.618. The van der Waals surface area contributed by atoms with Crippen molar-refractivity contribution in [1.82, 2.24) is 15.2 Å². The lowest BCUT2D eigenvalue weighted by Crippen LogP contribution is -2.38. The fraction of sp³-hybridized carbons (Fsp3) is 0.444. The Morgan fingerprint density at radius 1 is 1.33 bits per heavy atom. The first-order valence-electron chi connectivity index (χ1n) is 8.10. The van der Waals surface area contributed by atoms with Gasteiger partial charge in [-0.15, -0.1) is 11.3 Å². The molecule has 0 spiro atoms. The molecule has 24 heavy (non-hydrogen) atoms. The molecule has 1 N–H and O–H groups in total. The minimum Gasteiger partial charge on any atom is -0.380 e. The molecular weight excluding hydrogens is 320 g/mol. The number of nitrogens with zero attached hydrogens (tertiary/aromatic N) is 3. The third-order valence-corrected chi connectivity index (χ3v) is 4.40. The van der Waals surface area contributed by atoms with Gasteiger partial charge in [-0.3, -0.25) is 0 Å². The minimum absolute atomic E-state index is 0.607. The first-order valence-corrected chi connectivity index (χ1v) is 8.98. The summed E-state index contributed by atoms with van der Waals surface area (Å²) >= 11 is 1.68. The van der Waals surface area contributed by atoms with E-state index in [1.54, 1.807) is 18.4 Å². The van der Waals surface area contributed by atoms with Gasteiger partial charge in [0.15, 0.2) is 5.96 Å². The molecule has 2 rings (SSSR count). The molecule has 6 heteroatoms. The molecule has 0 bridgehead atoms. The second-order valence-corrected chi connectivity index (χ2v) is 6.65. The molecule has 0 radical (unpaired) electrons. The Kier molecular flexibility index (Phi) is 7.21. The number of methoxy groups -OCH3 is 1. The van der Waals surface area contributed by atoms with E-state index in [2.05, 4.69) is 39.6 Å². The van der Waals surface area contributed by atoms with Crippen LogP contribution in [0.2, 0.25) is 0 Å². The number of aliphatic imine (C=N–C) groups is 1. The topological polar surface area (TPSA) is 49.8 Å². The number of hydrogen-bond acceptors (Lipinski definition) is 4. The van der Waals surface area contributed by atoms with Gasteiger partial charge in [0.05, 0.1) is 30.4 Å². The van der Waals surface area contributed by atoms with E-state index in [0.29, 0.717) is 13.2 Å². The SMILES string of the molecule is CCNC(=NCc1ccccc1COC)N(C)Cc1csc(C)n1. The van der Waals surface area contributed by atoms with Crippen LogP contribution in [0.1, 0.15) is 28.8 Å². The molecule has 0 aliphatic heterocycles. The van der Waals surface area contributed by atoms with Crippen molar-refractivity contribution in [3.05, 3.63) is 51.5 Å². The summed E-state index contributed by atoms with van der Waals surface area (Å²) in [5.41, 5.74) is 3.44. The van der Waals surface area contributed by atoms with E-state index in [9.17, 15) is 0 Å². The molecule has 2 aromatic rings. The van der Waals surface area contributed by atoms with E-state index in [0.717, 1.165) is 29.8 Å². The molecule has 0 aliphatic rings. The van der Waals surface area contributed by atoms with Crippen LogP contribution < -0.4 is 5.32 Å². The molecule has 0 unspecified atom stereocenters. The lowest BCUT2D eigenvalue weighted by atomic mass is 10.1. The predicted molar refractivity (Wildman–Crippen MR) is 100 cm³/mol. The summed E-state index contributed by atoms with van der Waals surface area (Å²) < 4.78 is 5.27. The Bertz CT molecular complexity index is 669. The van der Waals surface area contributed by atoms with Gasteiger partial charge >= 0.3 is 0 Å². The maximum Gasteiger partial charge on any atom is 0.194 e. The summed E-state index contributed by atoms with van der Waals surface area (Å²) in [6, 6.07) is 8.26. The van der Waals surface area contributed by atoms with Crippen LogP contribution in [0.15, 0.2) is 34.6 Å². The van der Waals surface area contributed by atoms with E-state index >= 15 is 0 Å². The average Bonchev–Trinajstić information content (AvgIpc) is 2.97. The van der Waals surface area contributed by atoms with Crippen molar-refractivity contribution in [2.24, 2.45) is 4.99 Å². The van der Waals surface area contributed by atoms with E-state index in [4.69, 9.17) is 9.73 Å². The predicted octanol–water partition coefficient (Wildman–Crippen LogP) is 3.20. The zero-order chi connectivity index (χ0) is 17.4. The van der Waals surface area contributed by atoms with E-state index < -0.39 is 0 Å². The number of hydrogen-bond donors (Lipinski definition) is 1. The van der Waals surface area contributed by atoms with Gasteiger partial charge in [0, 0.05) is 26.1 Å². The van der Waals surface area contributed by atoms with Crippen LogP contribution in [0.25, 0.3) is 0 Å². The molecule has 0 atom stereocenters. The van der Waals surface area contributed by atoms with Gasteiger partial charge in [0.1, 0.15) is 0 Å². The van der Waals surface area contributed by atoms with Crippen LogP contribution in [0, 0.1) is 6.92 Å². The molecule has 1 aromatic heterocycles. The number of rotatable bonds is 7. The zero-order valence-corrected chi connectivity index (χ0v) is 15.7. The summed E-state index contributed by atoms with van der Waals surface area (Å²) in [5.74, 6) is 0.885. The van der Waals surface area contributed by atoms with E-state index in [1.165, 1.54) is 11.1 Å². The molecule has 1 heterocycles. The van der Waals surface area contributed by atoms with Crippen molar-refractivity contribution in [2.45, 2.75) is 33.5 Å². The second kappa shape index (κ2) is 9.39. The third-order valence-electron chi connectivity index (χ3n) is 3.58. The first-order chi connectivity index (χ1) is 11.6.